The van der Waals surface area contributed by atoms with Gasteiger partial charge in [-0.1, -0.05) is 12.1 Å². The molecule has 1 heterocycles. The summed E-state index contributed by atoms with van der Waals surface area (Å²) in [4.78, 5) is 49.6. The highest BCUT2D eigenvalue weighted by molar-refractivity contribution is 7.17. The summed E-state index contributed by atoms with van der Waals surface area (Å²) in [5, 5.41) is 5.85. The maximum absolute atomic E-state index is 12.9. The summed E-state index contributed by atoms with van der Waals surface area (Å²) >= 11 is 1.40. The molecule has 1 aliphatic carbocycles. The molecule has 1 aromatic heterocycles. The van der Waals surface area contributed by atoms with E-state index in [0.29, 0.717) is 21.8 Å². The van der Waals surface area contributed by atoms with Gasteiger partial charge >= 0.3 is 5.97 Å². The molecule has 158 valence electrons. The number of nitrogens with one attached hydrogen (secondary N) is 2. The minimum absolute atomic E-state index is 0.113. The van der Waals surface area contributed by atoms with Crippen molar-refractivity contribution in [1.82, 2.24) is 0 Å². The lowest BCUT2D eigenvalue weighted by atomic mass is 9.95. The molecule has 3 rings (SSSR count). The third kappa shape index (κ3) is 4.94. The van der Waals surface area contributed by atoms with Crippen molar-refractivity contribution in [3.8, 4) is 0 Å². The molecule has 0 saturated carbocycles. The van der Waals surface area contributed by atoms with Crippen molar-refractivity contribution in [3.63, 3.8) is 0 Å². The van der Waals surface area contributed by atoms with Crippen molar-refractivity contribution >= 4 is 45.6 Å². The van der Waals surface area contributed by atoms with Gasteiger partial charge in [-0.3, -0.25) is 14.4 Å². The highest BCUT2D eigenvalue weighted by Crippen LogP contribution is 2.38. The molecule has 30 heavy (non-hydrogen) atoms. The number of ketones is 1. The molecule has 1 aromatic carbocycles. The van der Waals surface area contributed by atoms with Gasteiger partial charge in [0.1, 0.15) is 5.00 Å². The van der Waals surface area contributed by atoms with E-state index in [1.807, 2.05) is 0 Å². The summed E-state index contributed by atoms with van der Waals surface area (Å²) in [5.41, 5.74) is 2.18. The lowest BCUT2D eigenvalue weighted by molar-refractivity contribution is -0.123. The Kier molecular flexibility index (Phi) is 6.66. The highest BCUT2D eigenvalue weighted by atomic mass is 32.1. The van der Waals surface area contributed by atoms with Crippen LogP contribution in [0.4, 0.5) is 10.7 Å². The van der Waals surface area contributed by atoms with Crippen LogP contribution in [0, 0.1) is 0 Å². The van der Waals surface area contributed by atoms with Crippen LogP contribution in [-0.2, 0) is 27.2 Å². The molecule has 1 aliphatic rings. The number of Topliss-reactive ketones (excluding diaryl/α,β-unsaturated/α-hetero) is 1. The molecular formula is C22H24N2O5S. The quantitative estimate of drug-likeness (QED) is 0.535. The minimum Gasteiger partial charge on any atom is -0.449 e. The molecular weight excluding hydrogens is 404 g/mol. The van der Waals surface area contributed by atoms with Crippen LogP contribution < -0.4 is 10.6 Å². The Morgan fingerprint density at radius 2 is 1.80 bits per heavy atom. The first-order chi connectivity index (χ1) is 14.3. The lowest BCUT2D eigenvalue weighted by Crippen LogP contribution is -2.30. The van der Waals surface area contributed by atoms with E-state index in [9.17, 15) is 19.2 Å². The van der Waals surface area contributed by atoms with Gasteiger partial charge in [0.25, 0.3) is 5.91 Å². The Morgan fingerprint density at radius 1 is 1.07 bits per heavy atom. The third-order valence-electron chi connectivity index (χ3n) is 4.85. The molecule has 1 unspecified atom stereocenters. The smallest absolute Gasteiger partial charge is 0.342 e. The van der Waals surface area contributed by atoms with Crippen LogP contribution in [0.15, 0.2) is 24.3 Å². The predicted molar refractivity (Wildman–Crippen MR) is 115 cm³/mol. The van der Waals surface area contributed by atoms with E-state index in [2.05, 4.69) is 10.6 Å². The standard InChI is InChI=1S/C22H24N2O5S/c1-12(25)15-7-6-8-16(11-15)24-20(27)13(2)29-22(28)19-17-9-4-5-10-18(17)30-21(19)23-14(3)26/h6-8,11,13H,4-5,9-10H2,1-3H3,(H,23,26)(H,24,27). The number of carbonyl (C=O) groups is 4. The summed E-state index contributed by atoms with van der Waals surface area (Å²) < 4.78 is 5.43. The normalized spacial score (nSPS) is 13.7. The second-order valence-corrected chi connectivity index (χ2v) is 8.38. The number of carbonyl (C=O) groups excluding carboxylic acids is 4. The fourth-order valence-corrected chi connectivity index (χ4v) is 4.69. The Bertz CT molecular complexity index is 1010. The third-order valence-corrected chi connectivity index (χ3v) is 6.06. The number of anilines is 2. The van der Waals surface area contributed by atoms with Gasteiger partial charge in [-0.2, -0.15) is 0 Å². The van der Waals surface area contributed by atoms with Crippen molar-refractivity contribution in [2.24, 2.45) is 0 Å². The van der Waals surface area contributed by atoms with Crippen molar-refractivity contribution in [2.75, 3.05) is 10.6 Å². The number of hydrogen-bond donors (Lipinski definition) is 2. The fraction of sp³-hybridized carbons (Fsp3) is 0.364. The van der Waals surface area contributed by atoms with Gasteiger partial charge in [0.15, 0.2) is 11.9 Å². The summed E-state index contributed by atoms with van der Waals surface area (Å²) in [5.74, 6) is -1.51. The summed E-state index contributed by atoms with van der Waals surface area (Å²) in [6, 6.07) is 6.55. The van der Waals surface area contributed by atoms with Crippen molar-refractivity contribution in [1.29, 1.82) is 0 Å². The van der Waals surface area contributed by atoms with Gasteiger partial charge in [0.2, 0.25) is 5.91 Å². The Hall–Kier alpha value is -3.00. The molecule has 2 N–H and O–H groups in total. The van der Waals surface area contributed by atoms with Crippen LogP contribution in [0.25, 0.3) is 0 Å². The van der Waals surface area contributed by atoms with E-state index < -0.39 is 18.0 Å². The zero-order valence-electron chi connectivity index (χ0n) is 17.2. The molecule has 0 fully saturated rings. The van der Waals surface area contributed by atoms with Crippen LogP contribution in [-0.4, -0.2) is 29.7 Å². The number of rotatable bonds is 6. The van der Waals surface area contributed by atoms with Crippen LogP contribution in [0.3, 0.4) is 0 Å². The van der Waals surface area contributed by atoms with Gasteiger partial charge in [-0.05, 0) is 57.2 Å². The number of benzene rings is 1. The zero-order chi connectivity index (χ0) is 21.8. The van der Waals surface area contributed by atoms with Gasteiger partial charge < -0.3 is 15.4 Å². The van der Waals surface area contributed by atoms with E-state index in [0.717, 1.165) is 36.1 Å². The molecule has 2 amide bonds. The van der Waals surface area contributed by atoms with Crippen LogP contribution in [0.2, 0.25) is 0 Å². The number of amides is 2. The second-order valence-electron chi connectivity index (χ2n) is 7.27. The molecule has 8 heteroatoms. The van der Waals surface area contributed by atoms with Crippen LogP contribution >= 0.6 is 11.3 Å². The SMILES string of the molecule is CC(=O)Nc1sc2c(c1C(=O)OC(C)C(=O)Nc1cccc(C(C)=O)c1)CCCC2. The first kappa shape index (κ1) is 21.7. The number of ether oxygens (including phenoxy) is 1. The maximum atomic E-state index is 12.9. The molecule has 0 spiro atoms. The van der Waals surface area contributed by atoms with Gasteiger partial charge in [0, 0.05) is 23.1 Å². The van der Waals surface area contributed by atoms with E-state index >= 15 is 0 Å². The molecule has 0 saturated heterocycles. The summed E-state index contributed by atoms with van der Waals surface area (Å²) in [6.45, 7) is 4.32. The zero-order valence-corrected chi connectivity index (χ0v) is 18.0. The van der Waals surface area contributed by atoms with Crippen molar-refractivity contribution in [3.05, 3.63) is 45.8 Å². The molecule has 0 bridgehead atoms. The van der Waals surface area contributed by atoms with Gasteiger partial charge in [-0.25, -0.2) is 4.79 Å². The second kappa shape index (κ2) is 9.21. The van der Waals surface area contributed by atoms with Crippen LogP contribution in [0.1, 0.15) is 64.8 Å². The van der Waals surface area contributed by atoms with E-state index in [1.54, 1.807) is 24.3 Å². The minimum atomic E-state index is -1.05. The van der Waals surface area contributed by atoms with E-state index in [1.165, 1.54) is 32.1 Å². The van der Waals surface area contributed by atoms with E-state index in [4.69, 9.17) is 4.74 Å². The monoisotopic (exact) mass is 428 g/mol. The number of esters is 1. The van der Waals surface area contributed by atoms with Crippen LogP contribution in [0.5, 0.6) is 0 Å². The van der Waals surface area contributed by atoms with Crippen molar-refractivity contribution < 1.29 is 23.9 Å². The average molecular weight is 429 g/mol. The number of thiophene rings is 1. The molecule has 7 nitrogen and oxygen atoms in total. The summed E-state index contributed by atoms with van der Waals surface area (Å²) in [7, 11) is 0. The highest BCUT2D eigenvalue weighted by Gasteiger charge is 2.29. The predicted octanol–water partition coefficient (Wildman–Crippen LogP) is 3.97. The number of aryl methyl sites for hydroxylation is 1. The van der Waals surface area contributed by atoms with Gasteiger partial charge in [0.05, 0.1) is 5.56 Å². The molecule has 2 aromatic rings. The molecule has 0 radical (unpaired) electrons. The number of fused-ring (bicyclic) bond motifs is 1. The molecule has 1 atom stereocenters. The van der Waals surface area contributed by atoms with Gasteiger partial charge in [-0.15, -0.1) is 11.3 Å². The molecule has 0 aliphatic heterocycles. The fourth-order valence-electron chi connectivity index (χ4n) is 3.36. The summed E-state index contributed by atoms with van der Waals surface area (Å²) in [6.07, 6.45) is 2.56. The maximum Gasteiger partial charge on any atom is 0.342 e. The Balaban J connectivity index is 1.74. The van der Waals surface area contributed by atoms with Crippen molar-refractivity contribution in [2.45, 2.75) is 52.6 Å². The largest absolute Gasteiger partial charge is 0.449 e. The first-order valence-electron chi connectivity index (χ1n) is 9.81. The first-order valence-corrected chi connectivity index (χ1v) is 10.6. The van der Waals surface area contributed by atoms with E-state index in [-0.39, 0.29) is 11.7 Å². The number of hydrogen-bond acceptors (Lipinski definition) is 6. The average Bonchev–Trinajstić information content (AvgIpc) is 3.05. The lowest BCUT2D eigenvalue weighted by Gasteiger charge is -2.16. The Morgan fingerprint density at radius 3 is 2.50 bits per heavy atom. The Labute approximate surface area is 178 Å². The topological polar surface area (TPSA) is 102 Å².